The molecule has 1 saturated carbocycles. The van der Waals surface area contributed by atoms with Crippen LogP contribution in [0.5, 0.6) is 0 Å². The normalized spacial score (nSPS) is 14.3. The van der Waals surface area contributed by atoms with Gasteiger partial charge in [0.05, 0.1) is 12.3 Å². The zero-order valence-electron chi connectivity index (χ0n) is 18.3. The van der Waals surface area contributed by atoms with Gasteiger partial charge in [0.1, 0.15) is 5.82 Å². The molecule has 166 valence electrons. The molecule has 1 amide bonds. The summed E-state index contributed by atoms with van der Waals surface area (Å²) in [5.41, 5.74) is 2.50. The molecule has 4 rings (SSSR count). The first kappa shape index (κ1) is 22.3. The molecule has 0 radical (unpaired) electrons. The van der Waals surface area contributed by atoms with E-state index in [1.165, 1.54) is 43.5 Å². The number of carbonyl (C=O) groups is 2. The highest BCUT2D eigenvalue weighted by Crippen LogP contribution is 2.33. The number of nitrogens with zero attached hydrogens (tertiary/aromatic N) is 3. The lowest BCUT2D eigenvalue weighted by Gasteiger charge is -2.22. The molecule has 1 aliphatic rings. The molecule has 1 heterocycles. The Kier molecular flexibility index (Phi) is 7.37. The third kappa shape index (κ3) is 5.65. The Labute approximate surface area is 192 Å². The number of hydrogen-bond acceptors (Lipinski definition) is 5. The van der Waals surface area contributed by atoms with Gasteiger partial charge in [0.15, 0.2) is 10.9 Å². The summed E-state index contributed by atoms with van der Waals surface area (Å²) < 4.78 is 2.19. The second-order valence-corrected chi connectivity index (χ2v) is 9.16. The minimum Gasteiger partial charge on any atom is -0.325 e. The summed E-state index contributed by atoms with van der Waals surface area (Å²) in [6.07, 6.45) is 6.05. The van der Waals surface area contributed by atoms with E-state index in [1.807, 2.05) is 18.2 Å². The number of benzene rings is 2. The van der Waals surface area contributed by atoms with Crippen molar-refractivity contribution in [3.63, 3.8) is 0 Å². The van der Waals surface area contributed by atoms with Crippen LogP contribution in [0.15, 0.2) is 59.8 Å². The van der Waals surface area contributed by atoms with Crippen molar-refractivity contribution in [2.75, 3.05) is 11.1 Å². The highest BCUT2D eigenvalue weighted by molar-refractivity contribution is 7.99. The fraction of sp³-hybridized carbons (Fsp3) is 0.360. The van der Waals surface area contributed by atoms with Crippen molar-refractivity contribution in [2.24, 2.45) is 0 Å². The standard InChI is InChI=1S/C25H28N4O2S/c1-18(30)20-12-14-22(15-13-20)26-23(31)17-32-25-28-27-24(21-10-6-3-7-11-21)29(25)16-19-8-4-2-5-9-19/h2,4-5,8-9,12-15,21H,3,6-7,10-11,16-17H2,1H3,(H,26,31). The van der Waals surface area contributed by atoms with Gasteiger partial charge in [0.2, 0.25) is 5.91 Å². The van der Waals surface area contributed by atoms with Crippen LogP contribution in [-0.2, 0) is 11.3 Å². The van der Waals surface area contributed by atoms with E-state index in [2.05, 4.69) is 32.2 Å². The van der Waals surface area contributed by atoms with E-state index >= 15 is 0 Å². The summed E-state index contributed by atoms with van der Waals surface area (Å²) in [6, 6.07) is 17.2. The molecule has 0 saturated heterocycles. The molecule has 0 aliphatic heterocycles. The number of thioether (sulfide) groups is 1. The van der Waals surface area contributed by atoms with Gasteiger partial charge in [-0.05, 0) is 49.6 Å². The second kappa shape index (κ2) is 10.6. The van der Waals surface area contributed by atoms with E-state index in [0.717, 1.165) is 23.8 Å². The smallest absolute Gasteiger partial charge is 0.234 e. The average molecular weight is 449 g/mol. The number of amides is 1. The largest absolute Gasteiger partial charge is 0.325 e. The quantitative estimate of drug-likeness (QED) is 0.373. The van der Waals surface area contributed by atoms with Crippen molar-refractivity contribution < 1.29 is 9.59 Å². The summed E-state index contributed by atoms with van der Waals surface area (Å²) in [5, 5.41) is 12.7. The van der Waals surface area contributed by atoms with Crippen LogP contribution in [0.2, 0.25) is 0 Å². The predicted molar refractivity (Wildman–Crippen MR) is 127 cm³/mol. The van der Waals surface area contributed by atoms with Crippen LogP contribution in [0, 0.1) is 0 Å². The van der Waals surface area contributed by atoms with E-state index in [4.69, 9.17) is 0 Å². The molecule has 0 atom stereocenters. The van der Waals surface area contributed by atoms with Gasteiger partial charge in [-0.2, -0.15) is 0 Å². The summed E-state index contributed by atoms with van der Waals surface area (Å²) in [4.78, 5) is 23.9. The first-order valence-corrected chi connectivity index (χ1v) is 12.1. The number of Topliss-reactive ketones (excluding diaryl/α,β-unsaturated/α-hetero) is 1. The molecule has 1 fully saturated rings. The van der Waals surface area contributed by atoms with Gasteiger partial charge in [-0.1, -0.05) is 61.4 Å². The highest BCUT2D eigenvalue weighted by atomic mass is 32.2. The van der Waals surface area contributed by atoms with Crippen LogP contribution in [0.3, 0.4) is 0 Å². The van der Waals surface area contributed by atoms with Crippen LogP contribution < -0.4 is 5.32 Å². The molecule has 2 aromatic carbocycles. The molecule has 0 spiro atoms. The SMILES string of the molecule is CC(=O)c1ccc(NC(=O)CSc2nnc(C3CCCCC3)n2Cc2ccccc2)cc1. The van der Waals surface area contributed by atoms with E-state index < -0.39 is 0 Å². The lowest BCUT2D eigenvalue weighted by Crippen LogP contribution is -2.16. The number of hydrogen-bond donors (Lipinski definition) is 1. The van der Waals surface area contributed by atoms with Gasteiger partial charge in [-0.25, -0.2) is 0 Å². The summed E-state index contributed by atoms with van der Waals surface area (Å²) in [7, 11) is 0. The Bertz CT molecular complexity index is 1060. The number of anilines is 1. The van der Waals surface area contributed by atoms with Crippen molar-refractivity contribution in [2.45, 2.75) is 56.6 Å². The first-order valence-electron chi connectivity index (χ1n) is 11.1. The minimum atomic E-state index is -0.112. The van der Waals surface area contributed by atoms with E-state index in [9.17, 15) is 9.59 Å². The number of ketones is 1. The van der Waals surface area contributed by atoms with Crippen molar-refractivity contribution in [1.29, 1.82) is 0 Å². The van der Waals surface area contributed by atoms with Crippen LogP contribution >= 0.6 is 11.8 Å². The predicted octanol–water partition coefficient (Wildman–Crippen LogP) is 5.31. The maximum Gasteiger partial charge on any atom is 0.234 e. The Hall–Kier alpha value is -2.93. The summed E-state index contributed by atoms with van der Waals surface area (Å²) in [6.45, 7) is 2.23. The fourth-order valence-electron chi connectivity index (χ4n) is 4.10. The fourth-order valence-corrected chi connectivity index (χ4v) is 4.84. The molecule has 1 aromatic heterocycles. The van der Waals surface area contributed by atoms with Crippen LogP contribution in [0.1, 0.15) is 66.7 Å². The molecule has 6 nitrogen and oxygen atoms in total. The monoisotopic (exact) mass is 448 g/mol. The average Bonchev–Trinajstić information content (AvgIpc) is 3.21. The summed E-state index contributed by atoms with van der Waals surface area (Å²) in [5.74, 6) is 1.61. The molecule has 7 heteroatoms. The van der Waals surface area contributed by atoms with Crippen molar-refractivity contribution >= 4 is 29.1 Å². The lowest BCUT2D eigenvalue weighted by molar-refractivity contribution is -0.113. The number of aromatic nitrogens is 3. The molecule has 0 bridgehead atoms. The van der Waals surface area contributed by atoms with Gasteiger partial charge < -0.3 is 9.88 Å². The first-order chi connectivity index (χ1) is 15.6. The molecule has 1 aliphatic carbocycles. The molecule has 0 unspecified atom stereocenters. The van der Waals surface area contributed by atoms with E-state index in [-0.39, 0.29) is 17.4 Å². The molecule has 3 aromatic rings. The van der Waals surface area contributed by atoms with Crippen LogP contribution in [0.4, 0.5) is 5.69 Å². The van der Waals surface area contributed by atoms with Gasteiger partial charge >= 0.3 is 0 Å². The van der Waals surface area contributed by atoms with Crippen LogP contribution in [0.25, 0.3) is 0 Å². The van der Waals surface area contributed by atoms with E-state index in [0.29, 0.717) is 23.7 Å². The molecular weight excluding hydrogens is 420 g/mol. The third-order valence-corrected chi connectivity index (χ3v) is 6.77. The Morgan fingerprint density at radius 3 is 2.41 bits per heavy atom. The minimum absolute atomic E-state index is 0.00459. The van der Waals surface area contributed by atoms with Crippen LogP contribution in [-0.4, -0.2) is 32.2 Å². The Balaban J connectivity index is 1.45. The summed E-state index contributed by atoms with van der Waals surface area (Å²) >= 11 is 1.41. The van der Waals surface area contributed by atoms with Gasteiger partial charge in [-0.15, -0.1) is 10.2 Å². The number of nitrogens with one attached hydrogen (secondary N) is 1. The van der Waals surface area contributed by atoms with Crippen molar-refractivity contribution in [1.82, 2.24) is 14.8 Å². The highest BCUT2D eigenvalue weighted by Gasteiger charge is 2.24. The maximum absolute atomic E-state index is 12.5. The number of rotatable bonds is 8. The molecule has 1 N–H and O–H groups in total. The Morgan fingerprint density at radius 1 is 1.00 bits per heavy atom. The zero-order valence-corrected chi connectivity index (χ0v) is 19.1. The van der Waals surface area contributed by atoms with Gasteiger partial charge in [0, 0.05) is 17.2 Å². The van der Waals surface area contributed by atoms with Crippen molar-refractivity contribution in [3.8, 4) is 0 Å². The number of carbonyl (C=O) groups excluding carboxylic acids is 2. The lowest BCUT2D eigenvalue weighted by atomic mass is 9.88. The van der Waals surface area contributed by atoms with Crippen molar-refractivity contribution in [3.05, 3.63) is 71.5 Å². The second-order valence-electron chi connectivity index (χ2n) is 8.22. The zero-order chi connectivity index (χ0) is 22.3. The Morgan fingerprint density at radius 2 is 1.72 bits per heavy atom. The molecule has 32 heavy (non-hydrogen) atoms. The van der Waals surface area contributed by atoms with E-state index in [1.54, 1.807) is 24.3 Å². The maximum atomic E-state index is 12.5. The molecular formula is C25H28N4O2S. The van der Waals surface area contributed by atoms with Gasteiger partial charge in [0.25, 0.3) is 0 Å². The van der Waals surface area contributed by atoms with Gasteiger partial charge in [-0.3, -0.25) is 9.59 Å². The third-order valence-electron chi connectivity index (χ3n) is 5.81. The topological polar surface area (TPSA) is 76.9 Å².